The van der Waals surface area contributed by atoms with Crippen LogP contribution in [-0.2, 0) is 27.2 Å². The van der Waals surface area contributed by atoms with Crippen LogP contribution in [0.3, 0.4) is 0 Å². The highest BCUT2D eigenvalue weighted by atomic mass is 32.1. The van der Waals surface area contributed by atoms with Crippen LogP contribution in [-0.4, -0.2) is 41.6 Å². The van der Waals surface area contributed by atoms with E-state index >= 15 is 0 Å². The molecule has 1 heterocycles. The Morgan fingerprint density at radius 2 is 1.43 bits per heavy atom. The van der Waals surface area contributed by atoms with Crippen LogP contribution in [0.15, 0.2) is 47.3 Å². The van der Waals surface area contributed by atoms with Gasteiger partial charge in [-0.15, -0.1) is 0 Å². The Labute approximate surface area is 218 Å². The molecule has 1 atom stereocenters. The van der Waals surface area contributed by atoms with Crippen LogP contribution in [0.1, 0.15) is 39.3 Å². The second-order valence-corrected chi connectivity index (χ2v) is 13.4. The Morgan fingerprint density at radius 3 is 1.92 bits per heavy atom. The lowest BCUT2D eigenvalue weighted by molar-refractivity contribution is 0.191. The zero-order valence-electron chi connectivity index (χ0n) is 21.0. The second-order valence-electron chi connectivity index (χ2n) is 7.68. The third kappa shape index (κ3) is 6.52. The lowest BCUT2D eigenvalue weighted by Crippen LogP contribution is -2.36. The highest BCUT2D eigenvalue weighted by Crippen LogP contribution is 2.73. The highest BCUT2D eigenvalue weighted by Gasteiger charge is 2.56. The number of aromatic hydroxyl groups is 1. The van der Waals surface area contributed by atoms with Gasteiger partial charge >= 0.3 is 20.1 Å². The van der Waals surface area contributed by atoms with Gasteiger partial charge in [0.05, 0.1) is 42.7 Å². The maximum absolute atomic E-state index is 14.3. The Balaban J connectivity index is 2.33. The normalized spacial score (nSPS) is 13.4. The maximum Gasteiger partial charge on any atom is 0.348 e. The number of nitrogens with zero attached hydrogens (tertiary/aromatic N) is 1. The smallest absolute Gasteiger partial charge is 0.348 e. The molecule has 1 unspecified atom stereocenters. The molecule has 3 aromatic rings. The molecule has 1 aromatic heterocycles. The number of thiazole rings is 1. The quantitative estimate of drug-likeness (QED) is 0.221. The van der Waals surface area contributed by atoms with Crippen molar-refractivity contribution in [3.05, 3.63) is 63.5 Å². The van der Waals surface area contributed by atoms with E-state index in [4.69, 9.17) is 18.1 Å². The summed E-state index contributed by atoms with van der Waals surface area (Å²) in [6.07, 6.45) is 0. The zero-order valence-corrected chi connectivity index (χ0v) is 23.6. The first-order chi connectivity index (χ1) is 17.6. The van der Waals surface area contributed by atoms with Gasteiger partial charge in [-0.05, 0) is 57.5 Å². The van der Waals surface area contributed by atoms with E-state index in [1.54, 1.807) is 33.8 Å². The van der Waals surface area contributed by atoms with Crippen molar-refractivity contribution in [2.75, 3.05) is 31.9 Å². The molecule has 204 valence electrons. The molecular weight excluding hydrogens is 545 g/mol. The molecule has 0 saturated carbocycles. The largest absolute Gasteiger partial charge is 0.508 e. The minimum atomic E-state index is -4.28. The molecule has 0 saturated heterocycles. The summed E-state index contributed by atoms with van der Waals surface area (Å²) in [6, 6.07) is 8.33. The molecule has 0 fully saturated rings. The van der Waals surface area contributed by atoms with Crippen molar-refractivity contribution in [2.45, 2.75) is 39.1 Å². The van der Waals surface area contributed by atoms with E-state index in [-0.39, 0.29) is 32.2 Å². The fourth-order valence-electron chi connectivity index (χ4n) is 3.89. The second kappa shape index (κ2) is 12.7. The minimum Gasteiger partial charge on any atom is -0.508 e. The van der Waals surface area contributed by atoms with Crippen molar-refractivity contribution >= 4 is 36.7 Å². The molecule has 2 N–H and O–H groups in total. The minimum absolute atomic E-state index is 0.0443. The Morgan fingerprint density at radius 1 is 0.919 bits per heavy atom. The van der Waals surface area contributed by atoms with Gasteiger partial charge in [0.25, 0.3) is 0 Å². The van der Waals surface area contributed by atoms with Crippen LogP contribution in [0.25, 0.3) is 10.2 Å². The fraction of sp³-hybridized carbons (Fsp3) is 0.435. The van der Waals surface area contributed by atoms with Crippen LogP contribution in [0.5, 0.6) is 5.75 Å². The van der Waals surface area contributed by atoms with Crippen molar-refractivity contribution in [1.82, 2.24) is 4.68 Å². The van der Waals surface area contributed by atoms with E-state index in [9.17, 15) is 23.4 Å². The van der Waals surface area contributed by atoms with Gasteiger partial charge in [-0.25, -0.2) is 9.07 Å². The van der Waals surface area contributed by atoms with E-state index in [0.29, 0.717) is 15.8 Å². The highest BCUT2D eigenvalue weighted by molar-refractivity contribution is 7.72. The lowest BCUT2D eigenvalue weighted by atomic mass is 10.1. The number of hydrogen-bond acceptors (Lipinski definition) is 10. The fourth-order valence-corrected chi connectivity index (χ4v) is 10.3. The van der Waals surface area contributed by atoms with Crippen LogP contribution >= 0.6 is 26.5 Å². The van der Waals surface area contributed by atoms with Gasteiger partial charge in [-0.1, -0.05) is 23.5 Å². The topological polar surface area (TPSA) is 125 Å². The van der Waals surface area contributed by atoms with Gasteiger partial charge in [0, 0.05) is 6.07 Å². The summed E-state index contributed by atoms with van der Waals surface area (Å²) >= 11 is 0.906. The van der Waals surface area contributed by atoms with E-state index in [2.05, 4.69) is 5.43 Å². The average Bonchev–Trinajstić information content (AvgIpc) is 3.14. The molecule has 0 radical (unpaired) electrons. The zero-order chi connectivity index (χ0) is 27.2. The molecular formula is C23H31FN2O8P2S. The Bertz CT molecular complexity index is 1300. The van der Waals surface area contributed by atoms with Gasteiger partial charge in [-0.2, -0.15) is 0 Å². The van der Waals surface area contributed by atoms with Gasteiger partial charge in [0.15, 0.2) is 5.40 Å². The average molecular weight is 577 g/mol. The molecule has 0 aliphatic rings. The molecule has 14 heteroatoms. The number of aromatic nitrogens is 1. The molecule has 2 aromatic carbocycles. The monoisotopic (exact) mass is 576 g/mol. The number of rotatable bonds is 14. The molecule has 0 spiro atoms. The molecule has 0 amide bonds. The summed E-state index contributed by atoms with van der Waals surface area (Å²) in [4.78, 5) is 12.5. The van der Waals surface area contributed by atoms with Crippen molar-refractivity contribution in [3.63, 3.8) is 0 Å². The SMILES string of the molecule is CCOP(=O)(OCC)C(C(Nn1c(=O)sc2ccc(O)cc21)c1ccc(F)cc1)P(=O)(OCC)OCC. The molecule has 0 aliphatic carbocycles. The number of fused-ring (bicyclic) bond motifs is 1. The van der Waals surface area contributed by atoms with Crippen molar-refractivity contribution in [3.8, 4) is 5.75 Å². The summed E-state index contributed by atoms with van der Waals surface area (Å²) in [5.41, 5.74) is 3.64. The van der Waals surface area contributed by atoms with Crippen molar-refractivity contribution in [2.24, 2.45) is 0 Å². The standard InChI is InChI=1S/C23H31FN2O8P2S/c1-5-31-35(29,32-6-2)22(36(30,33-7-3)34-8-4)21(16-9-11-17(24)12-10-16)25-26-19-15-18(27)13-14-20(19)37-23(26)28/h9-15,21-22,25,27H,5-8H2,1-4H3. The molecule has 0 bridgehead atoms. The summed E-state index contributed by atoms with van der Waals surface area (Å²) in [5.74, 6) is -0.614. The van der Waals surface area contributed by atoms with Crippen LogP contribution in [0.4, 0.5) is 4.39 Å². The summed E-state index contributed by atoms with van der Waals surface area (Å²) in [6.45, 7) is 6.25. The third-order valence-electron chi connectivity index (χ3n) is 5.24. The number of phenolic OH excluding ortho intramolecular Hbond substituents is 1. The molecule has 3 rings (SSSR count). The van der Waals surface area contributed by atoms with Crippen molar-refractivity contribution in [1.29, 1.82) is 0 Å². The van der Waals surface area contributed by atoms with Gasteiger partial charge in [0.2, 0.25) is 0 Å². The lowest BCUT2D eigenvalue weighted by Gasteiger charge is -2.37. The van der Waals surface area contributed by atoms with E-state index in [1.807, 2.05) is 0 Å². The van der Waals surface area contributed by atoms with Crippen LogP contribution < -0.4 is 10.3 Å². The first-order valence-corrected chi connectivity index (χ1v) is 15.8. The van der Waals surface area contributed by atoms with Crippen LogP contribution in [0, 0.1) is 5.82 Å². The van der Waals surface area contributed by atoms with Gasteiger partial charge < -0.3 is 28.6 Å². The summed E-state index contributed by atoms with van der Waals surface area (Å²) < 4.78 is 66.7. The van der Waals surface area contributed by atoms with E-state index in [0.717, 1.165) is 16.0 Å². The summed E-state index contributed by atoms with van der Waals surface area (Å²) in [7, 11) is -8.56. The number of halogens is 1. The first-order valence-electron chi connectivity index (χ1n) is 11.8. The van der Waals surface area contributed by atoms with Gasteiger partial charge in [-0.3, -0.25) is 13.9 Å². The summed E-state index contributed by atoms with van der Waals surface area (Å²) in [5, 5.41) is 8.45. The molecule has 0 aliphatic heterocycles. The predicted molar refractivity (Wildman–Crippen MR) is 142 cm³/mol. The number of nitrogens with one attached hydrogen (secondary N) is 1. The van der Waals surface area contributed by atoms with E-state index < -0.39 is 37.3 Å². The third-order valence-corrected chi connectivity index (χ3v) is 12.2. The van der Waals surface area contributed by atoms with E-state index in [1.165, 1.54) is 36.4 Å². The number of hydrogen-bond donors (Lipinski definition) is 2. The molecule has 37 heavy (non-hydrogen) atoms. The first kappa shape index (κ1) is 29.5. The van der Waals surface area contributed by atoms with Crippen LogP contribution in [0.2, 0.25) is 0 Å². The Kier molecular flexibility index (Phi) is 10.1. The molecule has 10 nitrogen and oxygen atoms in total. The van der Waals surface area contributed by atoms with Crippen molar-refractivity contribution < 1.29 is 36.7 Å². The van der Waals surface area contributed by atoms with Gasteiger partial charge in [0.1, 0.15) is 11.6 Å². The number of benzene rings is 2. The number of phenols is 1. The predicted octanol–water partition coefficient (Wildman–Crippen LogP) is 6.05. The Hall–Kier alpha value is -2.04. The maximum atomic E-state index is 14.3.